The molecule has 0 saturated heterocycles. The Morgan fingerprint density at radius 1 is 1.06 bits per heavy atom. The summed E-state index contributed by atoms with van der Waals surface area (Å²) in [5, 5.41) is 12.1. The van der Waals surface area contributed by atoms with Crippen molar-refractivity contribution in [3.8, 4) is 0 Å². The zero-order chi connectivity index (χ0) is 12.2. The van der Waals surface area contributed by atoms with E-state index in [1.165, 1.54) is 56.0 Å². The standard InChI is InChI=1S/C15H21N3/c1-2-4-8-13(9-5-3-1)17-14-10-6-7-12-11-16-18-15(12)14/h6-7,10-11,13,17H,1-5,8-9H2,(H,16,18). The number of nitrogens with zero attached hydrogens (tertiary/aromatic N) is 1. The zero-order valence-corrected chi connectivity index (χ0v) is 10.8. The number of hydrogen-bond acceptors (Lipinski definition) is 2. The van der Waals surface area contributed by atoms with Crippen LogP contribution in [-0.4, -0.2) is 16.2 Å². The van der Waals surface area contributed by atoms with Gasteiger partial charge in [0, 0.05) is 11.4 Å². The van der Waals surface area contributed by atoms with Crippen molar-refractivity contribution in [1.29, 1.82) is 0 Å². The number of rotatable bonds is 2. The second kappa shape index (κ2) is 5.42. The fraction of sp³-hybridized carbons (Fsp3) is 0.533. The van der Waals surface area contributed by atoms with Crippen LogP contribution in [0.5, 0.6) is 0 Å². The molecule has 18 heavy (non-hydrogen) atoms. The van der Waals surface area contributed by atoms with Crippen LogP contribution in [0.3, 0.4) is 0 Å². The van der Waals surface area contributed by atoms with Crippen molar-refractivity contribution in [2.75, 3.05) is 5.32 Å². The highest BCUT2D eigenvalue weighted by molar-refractivity contribution is 5.89. The van der Waals surface area contributed by atoms with Crippen molar-refractivity contribution in [1.82, 2.24) is 10.2 Å². The van der Waals surface area contributed by atoms with Crippen LogP contribution in [0.4, 0.5) is 5.69 Å². The molecule has 2 aromatic rings. The number of hydrogen-bond donors (Lipinski definition) is 2. The van der Waals surface area contributed by atoms with Gasteiger partial charge in [0.1, 0.15) is 0 Å². The fourth-order valence-electron chi connectivity index (χ4n) is 2.91. The molecule has 1 aliphatic rings. The molecular formula is C15H21N3. The predicted molar refractivity (Wildman–Crippen MR) is 75.8 cm³/mol. The second-order valence-corrected chi connectivity index (χ2v) is 5.33. The number of H-pyrrole nitrogens is 1. The highest BCUT2D eigenvalue weighted by Gasteiger charge is 2.12. The van der Waals surface area contributed by atoms with E-state index in [2.05, 4.69) is 33.7 Å². The molecule has 0 bridgehead atoms. The molecule has 0 atom stereocenters. The van der Waals surface area contributed by atoms with Crippen LogP contribution in [0.25, 0.3) is 10.9 Å². The minimum atomic E-state index is 0.624. The highest BCUT2D eigenvalue weighted by atomic mass is 15.1. The molecule has 0 aliphatic heterocycles. The maximum Gasteiger partial charge on any atom is 0.0881 e. The third kappa shape index (κ3) is 2.50. The van der Waals surface area contributed by atoms with E-state index in [0.717, 1.165) is 5.52 Å². The highest BCUT2D eigenvalue weighted by Crippen LogP contribution is 2.25. The first kappa shape index (κ1) is 11.6. The molecule has 1 fully saturated rings. The van der Waals surface area contributed by atoms with Crippen LogP contribution in [0.15, 0.2) is 24.4 Å². The molecule has 0 amide bonds. The Balaban J connectivity index is 1.76. The summed E-state index contributed by atoms with van der Waals surface area (Å²) in [5.41, 5.74) is 2.34. The number of para-hydroxylation sites is 1. The van der Waals surface area contributed by atoms with Gasteiger partial charge in [-0.3, -0.25) is 5.10 Å². The van der Waals surface area contributed by atoms with Crippen molar-refractivity contribution in [3.63, 3.8) is 0 Å². The van der Waals surface area contributed by atoms with E-state index >= 15 is 0 Å². The average Bonchev–Trinajstić information content (AvgIpc) is 2.81. The third-order valence-electron chi connectivity index (χ3n) is 3.94. The van der Waals surface area contributed by atoms with Gasteiger partial charge in [-0.25, -0.2) is 0 Å². The smallest absolute Gasteiger partial charge is 0.0881 e. The number of aromatic nitrogens is 2. The monoisotopic (exact) mass is 243 g/mol. The lowest BCUT2D eigenvalue weighted by molar-refractivity contribution is 0.471. The number of nitrogens with one attached hydrogen (secondary N) is 2. The van der Waals surface area contributed by atoms with Crippen molar-refractivity contribution in [3.05, 3.63) is 24.4 Å². The summed E-state index contributed by atoms with van der Waals surface area (Å²) < 4.78 is 0. The molecule has 1 aromatic carbocycles. The first-order chi connectivity index (χ1) is 8.93. The molecule has 0 radical (unpaired) electrons. The van der Waals surface area contributed by atoms with Gasteiger partial charge < -0.3 is 5.32 Å². The zero-order valence-electron chi connectivity index (χ0n) is 10.8. The topological polar surface area (TPSA) is 40.7 Å². The van der Waals surface area contributed by atoms with Crippen molar-refractivity contribution < 1.29 is 0 Å². The Kier molecular flexibility index (Phi) is 3.49. The molecule has 3 heteroatoms. The minimum absolute atomic E-state index is 0.624. The maximum atomic E-state index is 4.12. The Morgan fingerprint density at radius 3 is 2.67 bits per heavy atom. The van der Waals surface area contributed by atoms with E-state index in [9.17, 15) is 0 Å². The predicted octanol–water partition coefficient (Wildman–Crippen LogP) is 4.09. The summed E-state index contributed by atoms with van der Waals surface area (Å²) in [7, 11) is 0. The molecule has 3 rings (SSSR count). The van der Waals surface area contributed by atoms with E-state index in [1.54, 1.807) is 0 Å². The van der Waals surface area contributed by atoms with E-state index < -0.39 is 0 Å². The molecule has 96 valence electrons. The van der Waals surface area contributed by atoms with E-state index in [1.807, 2.05) is 6.20 Å². The van der Waals surface area contributed by atoms with Crippen molar-refractivity contribution in [2.45, 2.75) is 51.0 Å². The van der Waals surface area contributed by atoms with Crippen LogP contribution >= 0.6 is 0 Å². The first-order valence-corrected chi connectivity index (χ1v) is 7.12. The molecule has 2 N–H and O–H groups in total. The van der Waals surface area contributed by atoms with Gasteiger partial charge in [0.05, 0.1) is 17.4 Å². The Bertz CT molecular complexity index is 495. The SMILES string of the molecule is c1cc(NC2CCCCCCC2)c2[nH]ncc2c1. The van der Waals surface area contributed by atoms with Crippen molar-refractivity contribution in [2.24, 2.45) is 0 Å². The second-order valence-electron chi connectivity index (χ2n) is 5.33. The number of benzene rings is 1. The Morgan fingerprint density at radius 2 is 1.83 bits per heavy atom. The minimum Gasteiger partial charge on any atom is -0.381 e. The summed E-state index contributed by atoms with van der Waals surface area (Å²) in [4.78, 5) is 0. The lowest BCUT2D eigenvalue weighted by Crippen LogP contribution is -2.20. The van der Waals surface area contributed by atoms with Gasteiger partial charge in [-0.2, -0.15) is 5.10 Å². The lowest BCUT2D eigenvalue weighted by atomic mass is 9.96. The largest absolute Gasteiger partial charge is 0.381 e. The summed E-state index contributed by atoms with van der Waals surface area (Å²) in [6, 6.07) is 6.98. The summed E-state index contributed by atoms with van der Waals surface area (Å²) >= 11 is 0. The molecule has 0 unspecified atom stereocenters. The van der Waals surface area contributed by atoms with Crippen molar-refractivity contribution >= 4 is 16.6 Å². The average molecular weight is 243 g/mol. The van der Waals surface area contributed by atoms with Gasteiger partial charge in [-0.1, -0.05) is 44.2 Å². The molecule has 3 nitrogen and oxygen atoms in total. The van der Waals surface area contributed by atoms with Crippen LogP contribution < -0.4 is 5.32 Å². The van der Waals surface area contributed by atoms with Crippen LogP contribution in [0.2, 0.25) is 0 Å². The molecular weight excluding hydrogens is 222 g/mol. The molecule has 1 aromatic heterocycles. The van der Waals surface area contributed by atoms with Gasteiger partial charge in [-0.15, -0.1) is 0 Å². The van der Waals surface area contributed by atoms with Gasteiger partial charge in [-0.05, 0) is 18.9 Å². The number of anilines is 1. The van der Waals surface area contributed by atoms with Gasteiger partial charge in [0.25, 0.3) is 0 Å². The fourth-order valence-corrected chi connectivity index (χ4v) is 2.91. The summed E-state index contributed by atoms with van der Waals surface area (Å²) in [6.07, 6.45) is 11.4. The van der Waals surface area contributed by atoms with Gasteiger partial charge in [0.2, 0.25) is 0 Å². The normalized spacial score (nSPS) is 18.4. The van der Waals surface area contributed by atoms with Gasteiger partial charge in [0.15, 0.2) is 0 Å². The molecule has 1 heterocycles. The van der Waals surface area contributed by atoms with E-state index in [-0.39, 0.29) is 0 Å². The summed E-state index contributed by atoms with van der Waals surface area (Å²) in [6.45, 7) is 0. The quantitative estimate of drug-likeness (QED) is 0.834. The summed E-state index contributed by atoms with van der Waals surface area (Å²) in [5.74, 6) is 0. The molecule has 1 aliphatic carbocycles. The number of fused-ring (bicyclic) bond motifs is 1. The van der Waals surface area contributed by atoms with Crippen LogP contribution in [0.1, 0.15) is 44.9 Å². The van der Waals surface area contributed by atoms with Crippen LogP contribution in [0, 0.1) is 0 Å². The molecule has 1 saturated carbocycles. The van der Waals surface area contributed by atoms with Gasteiger partial charge >= 0.3 is 0 Å². The maximum absolute atomic E-state index is 4.12. The third-order valence-corrected chi connectivity index (χ3v) is 3.94. The Hall–Kier alpha value is -1.51. The Labute approximate surface area is 108 Å². The first-order valence-electron chi connectivity index (χ1n) is 7.12. The van der Waals surface area contributed by atoms with E-state index in [4.69, 9.17) is 0 Å². The number of aromatic amines is 1. The molecule has 0 spiro atoms. The van der Waals surface area contributed by atoms with E-state index in [0.29, 0.717) is 6.04 Å². The van der Waals surface area contributed by atoms with Crippen LogP contribution in [-0.2, 0) is 0 Å². The lowest BCUT2D eigenvalue weighted by Gasteiger charge is -2.22.